The van der Waals surface area contributed by atoms with Crippen molar-refractivity contribution in [3.63, 3.8) is 0 Å². The number of carbonyl (C=O) groups excluding carboxylic acids is 1. The molecule has 0 heterocycles. The lowest BCUT2D eigenvalue weighted by Gasteiger charge is -2.00. The van der Waals surface area contributed by atoms with E-state index in [0.717, 1.165) is 10.8 Å². The van der Waals surface area contributed by atoms with Crippen LogP contribution < -0.4 is 5.73 Å². The average molecular weight is 297 g/mol. The van der Waals surface area contributed by atoms with Crippen LogP contribution in [-0.2, 0) is 0 Å². The van der Waals surface area contributed by atoms with Gasteiger partial charge in [0.1, 0.15) is 0 Å². The molecule has 70 valence electrons. The molecular formula is C11H8INO. The molecule has 0 saturated heterocycles. The van der Waals surface area contributed by atoms with Crippen molar-refractivity contribution in [1.29, 1.82) is 0 Å². The second-order valence-electron chi connectivity index (χ2n) is 3.07. The molecule has 0 aromatic heterocycles. The summed E-state index contributed by atoms with van der Waals surface area (Å²) < 4.78 is 1.18. The van der Waals surface area contributed by atoms with Gasteiger partial charge >= 0.3 is 0 Å². The molecule has 2 rings (SSSR count). The molecule has 2 nitrogen and oxygen atoms in total. The van der Waals surface area contributed by atoms with Crippen molar-refractivity contribution in [3.8, 4) is 0 Å². The number of amides is 1. The highest BCUT2D eigenvalue weighted by Crippen LogP contribution is 2.18. The first-order chi connectivity index (χ1) is 6.66. The molecule has 2 aromatic rings. The fourth-order valence-corrected chi connectivity index (χ4v) is 1.89. The lowest BCUT2D eigenvalue weighted by atomic mass is 10.1. The fraction of sp³-hybridized carbons (Fsp3) is 0. The van der Waals surface area contributed by atoms with Gasteiger partial charge in [0.15, 0.2) is 0 Å². The van der Waals surface area contributed by atoms with Crippen molar-refractivity contribution >= 4 is 39.3 Å². The molecule has 0 saturated carbocycles. The third-order valence-corrected chi connectivity index (χ3v) is 2.76. The minimum atomic E-state index is -0.384. The van der Waals surface area contributed by atoms with Gasteiger partial charge in [0.2, 0.25) is 5.91 Å². The molecular weight excluding hydrogens is 289 g/mol. The average Bonchev–Trinajstić information content (AvgIpc) is 2.16. The number of fused-ring (bicyclic) bond motifs is 1. The van der Waals surface area contributed by atoms with Gasteiger partial charge in [0.05, 0.1) is 0 Å². The minimum Gasteiger partial charge on any atom is -0.366 e. The summed E-state index contributed by atoms with van der Waals surface area (Å²) >= 11 is 2.26. The first-order valence-corrected chi connectivity index (χ1v) is 5.24. The number of hydrogen-bond acceptors (Lipinski definition) is 1. The second-order valence-corrected chi connectivity index (χ2v) is 4.32. The van der Waals surface area contributed by atoms with E-state index >= 15 is 0 Å². The Labute approximate surface area is 95.2 Å². The first-order valence-electron chi connectivity index (χ1n) is 4.16. The number of hydrogen-bond donors (Lipinski definition) is 1. The van der Waals surface area contributed by atoms with E-state index in [1.807, 2.05) is 24.3 Å². The molecule has 14 heavy (non-hydrogen) atoms. The maximum Gasteiger partial charge on any atom is 0.248 e. The van der Waals surface area contributed by atoms with Gasteiger partial charge in [-0.25, -0.2) is 0 Å². The summed E-state index contributed by atoms with van der Waals surface area (Å²) in [5.41, 5.74) is 5.75. The van der Waals surface area contributed by atoms with E-state index in [9.17, 15) is 4.79 Å². The quantitative estimate of drug-likeness (QED) is 0.808. The summed E-state index contributed by atoms with van der Waals surface area (Å²) in [5, 5.41) is 2.17. The number of benzene rings is 2. The molecule has 0 spiro atoms. The molecule has 0 bridgehead atoms. The van der Waals surface area contributed by atoms with Gasteiger partial charge in [0, 0.05) is 9.13 Å². The summed E-state index contributed by atoms with van der Waals surface area (Å²) in [6.45, 7) is 0. The summed E-state index contributed by atoms with van der Waals surface area (Å²) in [5.74, 6) is -0.384. The smallest absolute Gasteiger partial charge is 0.248 e. The minimum absolute atomic E-state index is 0.384. The normalized spacial score (nSPS) is 10.4. The van der Waals surface area contributed by atoms with Crippen LogP contribution in [0.2, 0.25) is 0 Å². The molecule has 1 amide bonds. The van der Waals surface area contributed by atoms with E-state index in [0.29, 0.717) is 5.56 Å². The van der Waals surface area contributed by atoms with Crippen LogP contribution in [0.4, 0.5) is 0 Å². The predicted molar refractivity (Wildman–Crippen MR) is 65.2 cm³/mol. The largest absolute Gasteiger partial charge is 0.366 e. The van der Waals surface area contributed by atoms with Crippen LogP contribution in [0.15, 0.2) is 36.4 Å². The molecule has 0 atom stereocenters. The Morgan fingerprint density at radius 2 is 1.71 bits per heavy atom. The SMILES string of the molecule is NC(=O)c1ccc2cc(I)ccc2c1. The Bertz CT molecular complexity index is 508. The van der Waals surface area contributed by atoms with Crippen LogP contribution >= 0.6 is 22.6 Å². The van der Waals surface area contributed by atoms with E-state index in [1.165, 1.54) is 3.57 Å². The molecule has 0 aliphatic carbocycles. The third-order valence-electron chi connectivity index (χ3n) is 2.09. The molecule has 0 fully saturated rings. The lowest BCUT2D eigenvalue weighted by molar-refractivity contribution is 0.100. The van der Waals surface area contributed by atoms with Crippen molar-refractivity contribution in [3.05, 3.63) is 45.5 Å². The Balaban J connectivity index is 2.67. The zero-order chi connectivity index (χ0) is 10.1. The number of nitrogens with two attached hydrogens (primary N) is 1. The van der Waals surface area contributed by atoms with Crippen molar-refractivity contribution < 1.29 is 4.79 Å². The lowest BCUT2D eigenvalue weighted by Crippen LogP contribution is -2.10. The van der Waals surface area contributed by atoms with Crippen molar-refractivity contribution in [2.24, 2.45) is 5.73 Å². The zero-order valence-corrected chi connectivity index (χ0v) is 9.49. The second kappa shape index (κ2) is 3.57. The van der Waals surface area contributed by atoms with Gasteiger partial charge in [0.25, 0.3) is 0 Å². The predicted octanol–water partition coefficient (Wildman–Crippen LogP) is 2.54. The van der Waals surface area contributed by atoms with Crippen LogP contribution in [0.1, 0.15) is 10.4 Å². The topological polar surface area (TPSA) is 43.1 Å². The van der Waals surface area contributed by atoms with E-state index in [-0.39, 0.29) is 5.91 Å². The molecule has 0 aliphatic rings. The van der Waals surface area contributed by atoms with Gasteiger partial charge in [-0.15, -0.1) is 0 Å². The van der Waals surface area contributed by atoms with Crippen molar-refractivity contribution in [1.82, 2.24) is 0 Å². The summed E-state index contributed by atoms with van der Waals surface area (Å²) in [7, 11) is 0. The zero-order valence-electron chi connectivity index (χ0n) is 7.33. The van der Waals surface area contributed by atoms with Gasteiger partial charge in [-0.2, -0.15) is 0 Å². The number of rotatable bonds is 1. The Kier molecular flexibility index (Phi) is 2.41. The summed E-state index contributed by atoms with van der Waals surface area (Å²) in [6, 6.07) is 11.5. The molecule has 0 aliphatic heterocycles. The van der Waals surface area contributed by atoms with Gasteiger partial charge in [-0.3, -0.25) is 4.79 Å². The van der Waals surface area contributed by atoms with E-state index in [4.69, 9.17) is 5.73 Å². The van der Waals surface area contributed by atoms with Crippen LogP contribution in [0.5, 0.6) is 0 Å². The number of primary amides is 1. The Morgan fingerprint density at radius 3 is 2.43 bits per heavy atom. The van der Waals surface area contributed by atoms with Crippen molar-refractivity contribution in [2.45, 2.75) is 0 Å². The maximum absolute atomic E-state index is 10.9. The van der Waals surface area contributed by atoms with Crippen molar-refractivity contribution in [2.75, 3.05) is 0 Å². The van der Waals surface area contributed by atoms with E-state index in [2.05, 4.69) is 28.7 Å². The molecule has 2 aromatic carbocycles. The summed E-state index contributed by atoms with van der Waals surface area (Å²) in [4.78, 5) is 10.9. The molecule has 3 heteroatoms. The standard InChI is InChI=1S/C11H8INO/c12-10-4-3-7-5-9(11(13)14)2-1-8(7)6-10/h1-6H,(H2,13,14). The van der Waals surface area contributed by atoms with Crippen LogP contribution in [0.3, 0.4) is 0 Å². The summed E-state index contributed by atoms with van der Waals surface area (Å²) in [6.07, 6.45) is 0. The van der Waals surface area contributed by atoms with Crippen LogP contribution in [0.25, 0.3) is 10.8 Å². The molecule has 2 N–H and O–H groups in total. The fourth-order valence-electron chi connectivity index (χ4n) is 1.37. The first kappa shape index (κ1) is 9.45. The third kappa shape index (κ3) is 1.72. The van der Waals surface area contributed by atoms with Crippen LogP contribution in [-0.4, -0.2) is 5.91 Å². The maximum atomic E-state index is 10.9. The van der Waals surface area contributed by atoms with Crippen LogP contribution in [0, 0.1) is 3.57 Å². The van der Waals surface area contributed by atoms with Gasteiger partial charge < -0.3 is 5.73 Å². The van der Waals surface area contributed by atoms with E-state index < -0.39 is 0 Å². The Morgan fingerprint density at radius 1 is 1.07 bits per heavy atom. The van der Waals surface area contributed by atoms with Gasteiger partial charge in [-0.05, 0) is 57.6 Å². The number of halogens is 1. The number of carbonyl (C=O) groups is 1. The highest BCUT2D eigenvalue weighted by molar-refractivity contribution is 14.1. The molecule has 0 radical (unpaired) electrons. The highest BCUT2D eigenvalue weighted by atomic mass is 127. The Hall–Kier alpha value is -1.10. The monoisotopic (exact) mass is 297 g/mol. The molecule has 0 unspecified atom stereocenters. The van der Waals surface area contributed by atoms with E-state index in [1.54, 1.807) is 6.07 Å². The van der Waals surface area contributed by atoms with Gasteiger partial charge in [-0.1, -0.05) is 12.1 Å². The highest BCUT2D eigenvalue weighted by Gasteiger charge is 2.01.